The third-order valence-corrected chi connectivity index (χ3v) is 9.39. The lowest BCUT2D eigenvalue weighted by atomic mass is 9.84. The smallest absolute Gasteiger partial charge is 0.252 e. The van der Waals surface area contributed by atoms with Crippen LogP contribution in [0.2, 0.25) is 0 Å². The number of rotatable bonds is 14. The number of hydrogen-bond acceptors (Lipinski definition) is 8. The van der Waals surface area contributed by atoms with Gasteiger partial charge in [0.25, 0.3) is 5.91 Å². The summed E-state index contributed by atoms with van der Waals surface area (Å²) in [6, 6.07) is 27.0. The number of aliphatic hydroxyl groups excluding tert-OH is 1. The summed E-state index contributed by atoms with van der Waals surface area (Å²) in [6.07, 6.45) is -1.10. The van der Waals surface area contributed by atoms with Gasteiger partial charge in [-0.05, 0) is 48.0 Å². The van der Waals surface area contributed by atoms with E-state index in [-0.39, 0.29) is 41.6 Å². The van der Waals surface area contributed by atoms with Crippen molar-refractivity contribution in [1.82, 2.24) is 5.32 Å². The fraction of sp³-hybridized carbons (Fsp3) is 0.235. The molecule has 11 nitrogen and oxygen atoms in total. The van der Waals surface area contributed by atoms with Gasteiger partial charge in [-0.25, -0.2) is 17.8 Å². The summed E-state index contributed by atoms with van der Waals surface area (Å²) in [5.41, 5.74) is 8.58. The number of aliphatic hydroxyl groups is 1. The molecule has 0 unspecified atom stereocenters. The van der Waals surface area contributed by atoms with Crippen molar-refractivity contribution in [2.75, 3.05) is 19.0 Å². The molecule has 0 saturated carbocycles. The molecule has 0 spiro atoms. The minimum atomic E-state index is -3.90. The highest BCUT2D eigenvalue weighted by Crippen LogP contribution is 2.46. The van der Waals surface area contributed by atoms with E-state index in [2.05, 4.69) is 15.3 Å². The Bertz CT molecular complexity index is 1900. The summed E-state index contributed by atoms with van der Waals surface area (Å²) >= 11 is 0. The average molecular weight is 658 g/mol. The number of azide groups is 1. The van der Waals surface area contributed by atoms with Gasteiger partial charge in [-0.2, -0.15) is 0 Å². The molecule has 4 aromatic carbocycles. The van der Waals surface area contributed by atoms with Crippen molar-refractivity contribution >= 4 is 27.3 Å². The number of carbonyl (C=O) groups is 1. The zero-order chi connectivity index (χ0) is 33.3. The van der Waals surface area contributed by atoms with E-state index in [1.165, 1.54) is 30.3 Å². The molecule has 47 heavy (non-hydrogen) atoms. The molecular formula is C34H32FN5O6S. The zero-order valence-electron chi connectivity index (χ0n) is 25.2. The van der Waals surface area contributed by atoms with E-state index in [4.69, 9.17) is 19.6 Å². The van der Waals surface area contributed by atoms with Gasteiger partial charge in [-0.1, -0.05) is 65.8 Å². The molecule has 1 amide bonds. The van der Waals surface area contributed by atoms with Crippen molar-refractivity contribution in [1.29, 1.82) is 0 Å². The molecule has 0 radical (unpaired) electrons. The van der Waals surface area contributed by atoms with Crippen LogP contribution in [0.15, 0.2) is 118 Å². The van der Waals surface area contributed by atoms with Gasteiger partial charge in [-0.15, -0.1) is 0 Å². The number of benzene rings is 4. The molecule has 1 aliphatic heterocycles. The predicted molar refractivity (Wildman–Crippen MR) is 173 cm³/mol. The maximum absolute atomic E-state index is 14.5. The lowest BCUT2D eigenvalue weighted by Gasteiger charge is -2.31. The number of hydrogen-bond donors (Lipinski definition) is 2. The molecule has 0 bridgehead atoms. The Kier molecular flexibility index (Phi) is 10.5. The lowest BCUT2D eigenvalue weighted by molar-refractivity contribution is -0.129. The Labute approximate surface area is 271 Å². The third kappa shape index (κ3) is 7.60. The highest BCUT2D eigenvalue weighted by molar-refractivity contribution is 7.91. The van der Waals surface area contributed by atoms with E-state index < -0.39 is 39.0 Å². The van der Waals surface area contributed by atoms with Gasteiger partial charge in [-0.3, -0.25) is 4.79 Å². The fourth-order valence-electron chi connectivity index (χ4n) is 5.20. The van der Waals surface area contributed by atoms with Gasteiger partial charge in [0.2, 0.25) is 5.90 Å². The summed E-state index contributed by atoms with van der Waals surface area (Å²) < 4.78 is 53.6. The quantitative estimate of drug-likeness (QED) is 0.0735. The Balaban J connectivity index is 1.60. The Morgan fingerprint density at radius 2 is 1.72 bits per heavy atom. The maximum atomic E-state index is 14.5. The van der Waals surface area contributed by atoms with Crippen molar-refractivity contribution in [3.05, 3.63) is 136 Å². The lowest BCUT2D eigenvalue weighted by Crippen LogP contribution is -2.49. The maximum Gasteiger partial charge on any atom is 0.252 e. The standard InChI is InChI=1S/C34H32FN5O6S/c35-29-13-6-4-9-25(29)23-37-33(42)34(19-22-47(43,44)27-10-2-1-3-11-27)31(28-12-5-7-14-30(28)39-40-36)46-32(38-34)24-15-17-26(18-16-24)45-21-8-20-41/h1-7,9-18,31,41H,8,19-23H2,(H,37,42)/t31-,34-/m1/s1. The first-order valence-corrected chi connectivity index (χ1v) is 16.5. The van der Waals surface area contributed by atoms with Crippen LogP contribution in [0.1, 0.15) is 35.6 Å². The number of amides is 1. The number of nitrogens with one attached hydrogen (secondary N) is 1. The van der Waals surface area contributed by atoms with E-state index >= 15 is 0 Å². The second kappa shape index (κ2) is 14.9. The van der Waals surface area contributed by atoms with Crippen molar-refractivity contribution in [3.63, 3.8) is 0 Å². The number of nitrogens with zero attached hydrogens (tertiary/aromatic N) is 4. The molecule has 1 aliphatic rings. The fourth-order valence-corrected chi connectivity index (χ4v) is 6.59. The Morgan fingerprint density at radius 1 is 1.02 bits per heavy atom. The summed E-state index contributed by atoms with van der Waals surface area (Å²) in [7, 11) is -3.90. The molecule has 4 aromatic rings. The van der Waals surface area contributed by atoms with Gasteiger partial charge in [0, 0.05) is 53.3 Å². The van der Waals surface area contributed by atoms with Crippen molar-refractivity contribution < 1.29 is 32.2 Å². The minimum Gasteiger partial charge on any atom is -0.494 e. The molecule has 13 heteroatoms. The van der Waals surface area contributed by atoms with Gasteiger partial charge in [0.15, 0.2) is 21.5 Å². The van der Waals surface area contributed by atoms with E-state index in [1.807, 2.05) is 0 Å². The van der Waals surface area contributed by atoms with Crippen molar-refractivity contribution in [2.24, 2.45) is 10.1 Å². The first-order valence-electron chi connectivity index (χ1n) is 14.8. The SMILES string of the molecule is [N-]=[N+]=Nc1ccccc1[C@H]1OC(c2ccc(OCCCO)cc2)=N[C@@]1(CCS(=O)(=O)c1ccccc1)C(=O)NCc1ccccc1F. The highest BCUT2D eigenvalue weighted by atomic mass is 32.2. The molecule has 0 saturated heterocycles. The van der Waals surface area contributed by atoms with Crippen LogP contribution in [0.25, 0.3) is 10.4 Å². The second-order valence-corrected chi connectivity index (χ2v) is 12.8. The largest absolute Gasteiger partial charge is 0.494 e. The van der Waals surface area contributed by atoms with E-state index in [0.717, 1.165) is 0 Å². The van der Waals surface area contributed by atoms with Crippen LogP contribution >= 0.6 is 0 Å². The van der Waals surface area contributed by atoms with Crippen molar-refractivity contribution in [2.45, 2.75) is 35.9 Å². The number of aliphatic imine (C=N–C) groups is 1. The zero-order valence-corrected chi connectivity index (χ0v) is 26.0. The van der Waals surface area contributed by atoms with Crippen LogP contribution in [0.4, 0.5) is 10.1 Å². The average Bonchev–Trinajstić information content (AvgIpc) is 3.49. The molecule has 1 heterocycles. The van der Waals surface area contributed by atoms with Crippen LogP contribution < -0.4 is 10.1 Å². The molecule has 0 aliphatic carbocycles. The van der Waals surface area contributed by atoms with Crippen LogP contribution in [-0.4, -0.2) is 49.8 Å². The van der Waals surface area contributed by atoms with Crippen molar-refractivity contribution in [3.8, 4) is 5.75 Å². The number of halogens is 1. The molecule has 2 N–H and O–H groups in total. The molecule has 5 rings (SSSR count). The molecule has 0 fully saturated rings. The van der Waals surface area contributed by atoms with Gasteiger partial charge in [0.05, 0.1) is 17.3 Å². The third-order valence-electron chi connectivity index (χ3n) is 7.65. The van der Waals surface area contributed by atoms with Crippen LogP contribution in [0, 0.1) is 5.82 Å². The highest BCUT2D eigenvalue weighted by Gasteiger charge is 2.54. The molecular weight excluding hydrogens is 625 g/mol. The van der Waals surface area contributed by atoms with Crippen LogP contribution in [0.5, 0.6) is 5.75 Å². The molecule has 2 atom stereocenters. The summed E-state index contributed by atoms with van der Waals surface area (Å²) in [6.45, 7) is 0.101. The molecule has 242 valence electrons. The minimum absolute atomic E-state index is 0.0114. The van der Waals surface area contributed by atoms with Crippen LogP contribution in [-0.2, 0) is 25.9 Å². The first-order chi connectivity index (χ1) is 22.8. The number of carbonyl (C=O) groups excluding carboxylic acids is 1. The summed E-state index contributed by atoms with van der Waals surface area (Å²) in [5, 5.41) is 15.6. The number of sulfone groups is 1. The van der Waals surface area contributed by atoms with Gasteiger partial charge < -0.3 is 19.9 Å². The second-order valence-electron chi connectivity index (χ2n) is 10.7. The van der Waals surface area contributed by atoms with E-state index in [9.17, 15) is 23.1 Å². The molecule has 0 aromatic heterocycles. The van der Waals surface area contributed by atoms with E-state index in [0.29, 0.717) is 29.9 Å². The number of ether oxygens (including phenoxy) is 2. The van der Waals surface area contributed by atoms with Gasteiger partial charge in [0.1, 0.15) is 11.6 Å². The van der Waals surface area contributed by atoms with E-state index in [1.54, 1.807) is 72.8 Å². The monoisotopic (exact) mass is 657 g/mol. The first kappa shape index (κ1) is 33.1. The van der Waals surface area contributed by atoms with Crippen LogP contribution in [0.3, 0.4) is 0 Å². The summed E-state index contributed by atoms with van der Waals surface area (Å²) in [4.78, 5) is 22.2. The van der Waals surface area contributed by atoms with Gasteiger partial charge >= 0.3 is 0 Å². The Morgan fingerprint density at radius 3 is 2.45 bits per heavy atom. The summed E-state index contributed by atoms with van der Waals surface area (Å²) in [5.74, 6) is -1.13. The normalized spacial score (nSPS) is 17.2. The topological polar surface area (TPSA) is 163 Å². The Hall–Kier alpha value is -5.23. The predicted octanol–water partition coefficient (Wildman–Crippen LogP) is 5.97.